The van der Waals surface area contributed by atoms with Gasteiger partial charge in [-0.1, -0.05) is 12.2 Å². The van der Waals surface area contributed by atoms with Gasteiger partial charge in [-0.15, -0.1) is 0 Å². The average Bonchev–Trinajstić information content (AvgIpc) is 2.88. The Morgan fingerprint density at radius 3 is 2.94 bits per heavy atom. The number of rotatable bonds is 5. The maximum absolute atomic E-state index is 11.8. The van der Waals surface area contributed by atoms with E-state index in [1.165, 1.54) is 0 Å². The third-order valence-electron chi connectivity index (χ3n) is 3.02. The number of fused-ring (bicyclic) bond motifs is 2. The molecule has 2 aliphatic rings. The van der Waals surface area contributed by atoms with Gasteiger partial charge in [-0.3, -0.25) is 4.79 Å². The van der Waals surface area contributed by atoms with E-state index in [1.807, 2.05) is 12.2 Å². The van der Waals surface area contributed by atoms with Crippen molar-refractivity contribution < 1.29 is 19.1 Å². The first-order chi connectivity index (χ1) is 7.77. The van der Waals surface area contributed by atoms with Gasteiger partial charge in [0.1, 0.15) is 6.29 Å². The van der Waals surface area contributed by atoms with E-state index in [2.05, 4.69) is 5.32 Å². The van der Waals surface area contributed by atoms with Crippen molar-refractivity contribution in [3.05, 3.63) is 12.2 Å². The lowest BCUT2D eigenvalue weighted by Crippen LogP contribution is -2.41. The molecule has 0 aromatic rings. The molecule has 2 unspecified atom stereocenters. The van der Waals surface area contributed by atoms with Crippen LogP contribution >= 0.6 is 0 Å². The summed E-state index contributed by atoms with van der Waals surface area (Å²) >= 11 is 0. The molecular formula is C11H15NO4. The molecule has 1 saturated heterocycles. The Bertz CT molecular complexity index is 315. The van der Waals surface area contributed by atoms with Gasteiger partial charge in [-0.25, -0.2) is 0 Å². The Hall–Kier alpha value is -1.20. The SMILES string of the molecule is COCCNC(=O)[C@H]1C2C=CC(O2)[C@H]1C=O. The smallest absolute Gasteiger partial charge is 0.226 e. The minimum absolute atomic E-state index is 0.133. The molecule has 0 aromatic carbocycles. The van der Waals surface area contributed by atoms with Crippen molar-refractivity contribution in [1.82, 2.24) is 5.32 Å². The lowest BCUT2D eigenvalue weighted by atomic mass is 9.83. The summed E-state index contributed by atoms with van der Waals surface area (Å²) in [6, 6.07) is 0. The van der Waals surface area contributed by atoms with Gasteiger partial charge < -0.3 is 19.6 Å². The van der Waals surface area contributed by atoms with Crippen LogP contribution in [0.5, 0.6) is 0 Å². The molecule has 0 radical (unpaired) electrons. The Kier molecular flexibility index (Phi) is 3.36. The highest BCUT2D eigenvalue weighted by atomic mass is 16.5. The zero-order valence-corrected chi connectivity index (χ0v) is 9.09. The van der Waals surface area contributed by atoms with Crippen LogP contribution in [0.15, 0.2) is 12.2 Å². The second kappa shape index (κ2) is 4.76. The van der Waals surface area contributed by atoms with Gasteiger partial charge in [0, 0.05) is 13.7 Å². The summed E-state index contributed by atoms with van der Waals surface area (Å²) in [5.41, 5.74) is 0. The van der Waals surface area contributed by atoms with Crippen LogP contribution in [-0.2, 0) is 19.1 Å². The van der Waals surface area contributed by atoms with E-state index in [1.54, 1.807) is 7.11 Å². The zero-order chi connectivity index (χ0) is 11.5. The summed E-state index contributed by atoms with van der Waals surface area (Å²) in [7, 11) is 1.57. The van der Waals surface area contributed by atoms with Gasteiger partial charge in [0.25, 0.3) is 0 Å². The van der Waals surface area contributed by atoms with Crippen molar-refractivity contribution >= 4 is 12.2 Å². The summed E-state index contributed by atoms with van der Waals surface area (Å²) in [4.78, 5) is 22.8. The van der Waals surface area contributed by atoms with Crippen LogP contribution in [0.25, 0.3) is 0 Å². The summed E-state index contributed by atoms with van der Waals surface area (Å²) in [5, 5.41) is 2.74. The quantitative estimate of drug-likeness (QED) is 0.390. The van der Waals surface area contributed by atoms with Crippen LogP contribution in [0, 0.1) is 11.8 Å². The van der Waals surface area contributed by atoms with Gasteiger partial charge in [0.15, 0.2) is 0 Å². The largest absolute Gasteiger partial charge is 0.383 e. The summed E-state index contributed by atoms with van der Waals surface area (Å²) < 4.78 is 10.3. The van der Waals surface area contributed by atoms with Gasteiger partial charge in [-0.2, -0.15) is 0 Å². The Morgan fingerprint density at radius 2 is 2.25 bits per heavy atom. The molecule has 0 aliphatic carbocycles. The van der Waals surface area contributed by atoms with Gasteiger partial charge in [-0.05, 0) is 0 Å². The van der Waals surface area contributed by atoms with Gasteiger partial charge >= 0.3 is 0 Å². The lowest BCUT2D eigenvalue weighted by molar-refractivity contribution is -0.129. The second-order valence-corrected chi connectivity index (χ2v) is 3.97. The number of hydrogen-bond acceptors (Lipinski definition) is 4. The van der Waals surface area contributed by atoms with Crippen LogP contribution < -0.4 is 5.32 Å². The maximum atomic E-state index is 11.8. The summed E-state index contributed by atoms with van der Waals surface area (Å²) in [5.74, 6) is -0.868. The summed E-state index contributed by atoms with van der Waals surface area (Å²) in [6.07, 6.45) is 4.05. The molecule has 5 nitrogen and oxygen atoms in total. The Labute approximate surface area is 93.8 Å². The molecule has 0 aromatic heterocycles. The van der Waals surface area contributed by atoms with Crippen molar-refractivity contribution in [2.75, 3.05) is 20.3 Å². The second-order valence-electron chi connectivity index (χ2n) is 3.97. The van der Waals surface area contributed by atoms with Crippen LogP contribution in [0.4, 0.5) is 0 Å². The number of aldehydes is 1. The summed E-state index contributed by atoms with van der Waals surface area (Å²) in [6.45, 7) is 0.924. The number of methoxy groups -OCH3 is 1. The van der Waals surface area contributed by atoms with Crippen molar-refractivity contribution in [1.29, 1.82) is 0 Å². The Morgan fingerprint density at radius 1 is 1.50 bits per heavy atom. The molecule has 4 atom stereocenters. The van der Waals surface area contributed by atoms with E-state index in [0.29, 0.717) is 13.2 Å². The first-order valence-electron chi connectivity index (χ1n) is 5.33. The standard InChI is InChI=1S/C11H15NO4/c1-15-5-4-12-11(14)10-7(6-13)8-2-3-9(10)16-8/h2-3,6-10H,4-5H2,1H3,(H,12,14)/t7-,8?,9?,10-/m1/s1. The van der Waals surface area contributed by atoms with Crippen LogP contribution in [0.2, 0.25) is 0 Å². The van der Waals surface area contributed by atoms with Crippen molar-refractivity contribution in [2.45, 2.75) is 12.2 Å². The van der Waals surface area contributed by atoms with Crippen LogP contribution in [0.1, 0.15) is 0 Å². The fourth-order valence-electron chi connectivity index (χ4n) is 2.22. The van der Waals surface area contributed by atoms with Crippen molar-refractivity contribution in [3.8, 4) is 0 Å². The molecule has 1 fully saturated rings. The highest BCUT2D eigenvalue weighted by Gasteiger charge is 2.49. The minimum atomic E-state index is -0.385. The van der Waals surface area contributed by atoms with E-state index in [4.69, 9.17) is 9.47 Å². The predicted molar refractivity (Wildman–Crippen MR) is 55.7 cm³/mol. The molecule has 16 heavy (non-hydrogen) atoms. The first-order valence-corrected chi connectivity index (χ1v) is 5.33. The fourth-order valence-corrected chi connectivity index (χ4v) is 2.22. The number of amides is 1. The van der Waals surface area contributed by atoms with Crippen LogP contribution in [0.3, 0.4) is 0 Å². The van der Waals surface area contributed by atoms with E-state index in [9.17, 15) is 9.59 Å². The number of nitrogens with one attached hydrogen (secondary N) is 1. The highest BCUT2D eigenvalue weighted by Crippen LogP contribution is 2.37. The first kappa shape index (κ1) is 11.3. The Balaban J connectivity index is 1.95. The molecule has 0 saturated carbocycles. The molecule has 1 amide bonds. The highest BCUT2D eigenvalue weighted by molar-refractivity contribution is 5.84. The van der Waals surface area contributed by atoms with Gasteiger partial charge in [0.2, 0.25) is 5.91 Å². The molecule has 2 heterocycles. The van der Waals surface area contributed by atoms with Crippen LogP contribution in [-0.4, -0.2) is 44.7 Å². The average molecular weight is 225 g/mol. The fraction of sp³-hybridized carbons (Fsp3) is 0.636. The normalized spacial score (nSPS) is 35.3. The van der Waals surface area contributed by atoms with E-state index >= 15 is 0 Å². The number of carbonyl (C=O) groups excluding carboxylic acids is 2. The third kappa shape index (κ3) is 1.88. The van der Waals surface area contributed by atoms with E-state index in [0.717, 1.165) is 6.29 Å². The topological polar surface area (TPSA) is 64.6 Å². The van der Waals surface area contributed by atoms with Crippen molar-refractivity contribution in [3.63, 3.8) is 0 Å². The number of ether oxygens (including phenoxy) is 2. The number of carbonyl (C=O) groups is 2. The lowest BCUT2D eigenvalue weighted by Gasteiger charge is -2.19. The minimum Gasteiger partial charge on any atom is -0.383 e. The maximum Gasteiger partial charge on any atom is 0.226 e. The van der Waals surface area contributed by atoms with E-state index < -0.39 is 0 Å². The molecule has 5 heteroatoms. The monoisotopic (exact) mass is 225 g/mol. The number of hydrogen-bond donors (Lipinski definition) is 1. The van der Waals surface area contributed by atoms with Crippen molar-refractivity contribution in [2.24, 2.45) is 11.8 Å². The van der Waals surface area contributed by atoms with E-state index in [-0.39, 0.29) is 30.0 Å². The third-order valence-corrected chi connectivity index (χ3v) is 3.02. The zero-order valence-electron chi connectivity index (χ0n) is 9.09. The molecule has 1 N–H and O–H groups in total. The molecule has 2 rings (SSSR count). The predicted octanol–water partition coefficient (Wildman–Crippen LogP) is -0.482. The molecular weight excluding hydrogens is 210 g/mol. The molecule has 0 spiro atoms. The molecule has 2 aliphatic heterocycles. The van der Waals surface area contributed by atoms with Gasteiger partial charge in [0.05, 0.1) is 30.7 Å². The molecule has 2 bridgehead atoms. The molecule has 88 valence electrons.